The summed E-state index contributed by atoms with van der Waals surface area (Å²) in [6.45, 7) is 13.9. The zero-order chi connectivity index (χ0) is 18.9. The quantitative estimate of drug-likeness (QED) is 0.754. The number of rotatable bonds is 5. The fourth-order valence-corrected chi connectivity index (χ4v) is 3.54. The van der Waals surface area contributed by atoms with Crippen molar-refractivity contribution >= 4 is 12.6 Å². The smallest absolute Gasteiger partial charge is 0.495 e. The van der Waals surface area contributed by atoms with Crippen LogP contribution < -0.4 is 10.2 Å². The van der Waals surface area contributed by atoms with Crippen molar-refractivity contribution in [1.82, 2.24) is 4.90 Å². The van der Waals surface area contributed by atoms with E-state index in [1.807, 2.05) is 6.07 Å². The molecule has 26 heavy (non-hydrogen) atoms. The van der Waals surface area contributed by atoms with E-state index in [1.165, 1.54) is 5.56 Å². The minimum absolute atomic E-state index is 0.347. The molecule has 6 heteroatoms. The number of nitrogens with zero attached hydrogens (tertiary/aromatic N) is 1. The molecule has 0 aromatic heterocycles. The number of benzene rings is 1. The van der Waals surface area contributed by atoms with E-state index in [-0.39, 0.29) is 18.3 Å². The second-order valence-electron chi connectivity index (χ2n) is 8.26. The largest absolute Gasteiger partial charge is 0.497 e. The van der Waals surface area contributed by atoms with Gasteiger partial charge in [-0.1, -0.05) is 13.0 Å². The highest BCUT2D eigenvalue weighted by molar-refractivity contribution is 6.62. The monoisotopic (exact) mass is 361 g/mol. The molecule has 2 heterocycles. The van der Waals surface area contributed by atoms with Crippen LogP contribution in [0.15, 0.2) is 18.2 Å². The molecule has 0 bridgehead atoms. The zero-order valence-electron chi connectivity index (χ0n) is 17.0. The van der Waals surface area contributed by atoms with Gasteiger partial charge in [0.2, 0.25) is 0 Å². The third kappa shape index (κ3) is 3.79. The Hall–Kier alpha value is -1.08. The van der Waals surface area contributed by atoms with Crippen LogP contribution in [0, 0.1) is 0 Å². The molecule has 5 nitrogen and oxygen atoms in total. The second-order valence-corrected chi connectivity index (χ2v) is 8.26. The maximum absolute atomic E-state index is 6.30. The fraction of sp³-hybridized carbons (Fsp3) is 0.700. The number of hydrogen-bond donors (Lipinski definition) is 0. The van der Waals surface area contributed by atoms with Crippen molar-refractivity contribution in [3.05, 3.63) is 23.8 Å². The van der Waals surface area contributed by atoms with Crippen LogP contribution in [-0.2, 0) is 20.6 Å². The molecule has 0 amide bonds. The van der Waals surface area contributed by atoms with Gasteiger partial charge >= 0.3 is 7.12 Å². The number of hydrogen-bond acceptors (Lipinski definition) is 5. The van der Waals surface area contributed by atoms with E-state index in [0.717, 1.165) is 43.9 Å². The maximum Gasteiger partial charge on any atom is 0.495 e. The van der Waals surface area contributed by atoms with Crippen molar-refractivity contribution in [1.29, 1.82) is 0 Å². The van der Waals surface area contributed by atoms with E-state index in [9.17, 15) is 0 Å². The molecular weight excluding hydrogens is 329 g/mol. The predicted molar refractivity (Wildman–Crippen MR) is 104 cm³/mol. The molecular formula is C20H32BNO4. The fourth-order valence-electron chi connectivity index (χ4n) is 3.54. The molecule has 0 spiro atoms. The summed E-state index contributed by atoms with van der Waals surface area (Å²) in [7, 11) is 1.35. The highest BCUT2D eigenvalue weighted by atomic mass is 16.7. The van der Waals surface area contributed by atoms with Gasteiger partial charge in [0.15, 0.2) is 0 Å². The molecule has 2 aliphatic rings. The molecule has 0 N–H and O–H groups in total. The van der Waals surface area contributed by atoms with Gasteiger partial charge in [-0.2, -0.15) is 0 Å². The van der Waals surface area contributed by atoms with Crippen molar-refractivity contribution in [2.45, 2.75) is 64.8 Å². The maximum atomic E-state index is 6.30. The normalized spacial score (nSPS) is 25.5. The number of morpholine rings is 1. The highest BCUT2D eigenvalue weighted by Crippen LogP contribution is 2.37. The van der Waals surface area contributed by atoms with Crippen LogP contribution >= 0.6 is 0 Å². The van der Waals surface area contributed by atoms with Gasteiger partial charge in [-0.15, -0.1) is 0 Å². The third-order valence-electron chi connectivity index (χ3n) is 6.05. The first-order valence-corrected chi connectivity index (χ1v) is 9.61. The lowest BCUT2D eigenvalue weighted by Gasteiger charge is -2.35. The molecule has 0 saturated carbocycles. The standard InChI is InChI=1S/C20H32BNO4/c1-7-16-14-24-11-10-22(16)13-15-12-17(23-6)8-9-18(15)21-25-19(2,3)20(4,5)26-21/h8-9,12,16H,7,10-11,13-14H2,1-6H3. The minimum Gasteiger partial charge on any atom is -0.497 e. The Kier molecular flexibility index (Phi) is 5.68. The lowest BCUT2D eigenvalue weighted by molar-refractivity contribution is -0.0126. The van der Waals surface area contributed by atoms with Gasteiger partial charge in [0.25, 0.3) is 0 Å². The van der Waals surface area contributed by atoms with Crippen molar-refractivity contribution in [3.8, 4) is 5.75 Å². The molecule has 1 aromatic carbocycles. The summed E-state index contributed by atoms with van der Waals surface area (Å²) in [5.41, 5.74) is 1.59. The first-order chi connectivity index (χ1) is 12.3. The molecule has 3 rings (SSSR count). The Labute approximate surface area is 158 Å². The molecule has 2 saturated heterocycles. The molecule has 1 unspecified atom stereocenters. The van der Waals surface area contributed by atoms with Crippen LogP contribution in [-0.4, -0.2) is 56.1 Å². The Morgan fingerprint density at radius 2 is 1.88 bits per heavy atom. The van der Waals surface area contributed by atoms with Crippen LogP contribution in [0.25, 0.3) is 0 Å². The van der Waals surface area contributed by atoms with Crippen molar-refractivity contribution in [2.24, 2.45) is 0 Å². The van der Waals surface area contributed by atoms with Gasteiger partial charge in [-0.25, -0.2) is 0 Å². The SMILES string of the molecule is CCC1COCCN1Cc1cc(OC)ccc1B1OC(C)(C)C(C)(C)O1. The molecule has 2 aliphatic heterocycles. The molecule has 144 valence electrons. The molecule has 1 atom stereocenters. The topological polar surface area (TPSA) is 40.2 Å². The van der Waals surface area contributed by atoms with Gasteiger partial charge in [0.05, 0.1) is 31.5 Å². The minimum atomic E-state index is -0.359. The summed E-state index contributed by atoms with van der Waals surface area (Å²) >= 11 is 0. The lowest BCUT2D eigenvalue weighted by Crippen LogP contribution is -2.46. The van der Waals surface area contributed by atoms with Gasteiger partial charge < -0.3 is 18.8 Å². The Balaban J connectivity index is 1.89. The van der Waals surface area contributed by atoms with Crippen LogP contribution in [0.4, 0.5) is 0 Å². The number of ether oxygens (including phenoxy) is 2. The summed E-state index contributed by atoms with van der Waals surface area (Å²) in [5.74, 6) is 0.863. The summed E-state index contributed by atoms with van der Waals surface area (Å²) in [4.78, 5) is 2.49. The van der Waals surface area contributed by atoms with E-state index >= 15 is 0 Å². The second kappa shape index (κ2) is 7.51. The summed E-state index contributed by atoms with van der Waals surface area (Å²) < 4.78 is 23.7. The van der Waals surface area contributed by atoms with Gasteiger partial charge in [-0.3, -0.25) is 4.90 Å². The van der Waals surface area contributed by atoms with Gasteiger partial charge in [-0.05, 0) is 57.3 Å². The van der Waals surface area contributed by atoms with E-state index in [0.29, 0.717) is 6.04 Å². The van der Waals surface area contributed by atoms with Crippen LogP contribution in [0.1, 0.15) is 46.6 Å². The van der Waals surface area contributed by atoms with E-state index < -0.39 is 0 Å². The van der Waals surface area contributed by atoms with E-state index in [1.54, 1.807) is 7.11 Å². The lowest BCUT2D eigenvalue weighted by atomic mass is 9.75. The summed E-state index contributed by atoms with van der Waals surface area (Å²) in [5, 5.41) is 0. The average molecular weight is 361 g/mol. The van der Waals surface area contributed by atoms with Gasteiger partial charge in [0, 0.05) is 19.1 Å². The third-order valence-corrected chi connectivity index (χ3v) is 6.05. The number of methoxy groups -OCH3 is 1. The first-order valence-electron chi connectivity index (χ1n) is 9.61. The average Bonchev–Trinajstić information content (AvgIpc) is 2.82. The Morgan fingerprint density at radius 1 is 1.19 bits per heavy atom. The van der Waals surface area contributed by atoms with E-state index in [2.05, 4.69) is 51.7 Å². The Bertz CT molecular complexity index is 618. The molecule has 1 aromatic rings. The van der Waals surface area contributed by atoms with E-state index in [4.69, 9.17) is 18.8 Å². The van der Waals surface area contributed by atoms with Crippen LogP contribution in [0.5, 0.6) is 5.75 Å². The molecule has 0 aliphatic carbocycles. The van der Waals surface area contributed by atoms with Crippen LogP contribution in [0.3, 0.4) is 0 Å². The molecule has 0 radical (unpaired) electrons. The Morgan fingerprint density at radius 3 is 2.50 bits per heavy atom. The summed E-state index contributed by atoms with van der Waals surface area (Å²) in [6, 6.07) is 6.63. The van der Waals surface area contributed by atoms with Crippen molar-refractivity contribution < 1.29 is 18.8 Å². The first kappa shape index (κ1) is 19.7. The summed E-state index contributed by atoms with van der Waals surface area (Å²) in [6.07, 6.45) is 1.08. The van der Waals surface area contributed by atoms with Crippen molar-refractivity contribution in [2.75, 3.05) is 26.9 Å². The molecule has 2 fully saturated rings. The predicted octanol–water partition coefficient (Wildman–Crippen LogP) is 2.61. The zero-order valence-corrected chi connectivity index (χ0v) is 17.0. The van der Waals surface area contributed by atoms with Crippen LogP contribution in [0.2, 0.25) is 0 Å². The van der Waals surface area contributed by atoms with Crippen molar-refractivity contribution in [3.63, 3.8) is 0 Å². The van der Waals surface area contributed by atoms with Gasteiger partial charge in [0.1, 0.15) is 5.75 Å². The highest BCUT2D eigenvalue weighted by Gasteiger charge is 2.52.